The molecule has 2 N–H and O–H groups in total. The molecule has 0 fully saturated rings. The third kappa shape index (κ3) is 3.77. The molecule has 0 amide bonds. The van der Waals surface area contributed by atoms with Crippen molar-refractivity contribution in [3.8, 4) is 5.69 Å². The molecule has 0 unspecified atom stereocenters. The summed E-state index contributed by atoms with van der Waals surface area (Å²) in [4.78, 5) is 0. The van der Waals surface area contributed by atoms with Gasteiger partial charge in [0.1, 0.15) is 18.1 Å². The first-order valence-electron chi connectivity index (χ1n) is 10.1. The Hall–Kier alpha value is -2.37. The molecule has 1 aromatic carbocycles. The van der Waals surface area contributed by atoms with Crippen LogP contribution in [0.1, 0.15) is 68.0 Å². The summed E-state index contributed by atoms with van der Waals surface area (Å²) in [6.45, 7) is 7.29. The van der Waals surface area contributed by atoms with Gasteiger partial charge in [-0.15, -0.1) is 0 Å². The van der Waals surface area contributed by atoms with Gasteiger partial charge in [0.25, 0.3) is 0 Å². The second kappa shape index (κ2) is 7.57. The minimum absolute atomic E-state index is 0.0612. The Balaban J connectivity index is 1.52. The number of hydrogen-bond donors (Lipinski definition) is 2. The van der Waals surface area contributed by atoms with Crippen molar-refractivity contribution in [3.63, 3.8) is 0 Å². The fourth-order valence-corrected chi connectivity index (χ4v) is 3.92. The quantitative estimate of drug-likeness (QED) is 0.689. The molecule has 4 rings (SSSR count). The molecular weight excluding hydrogens is 350 g/mol. The highest BCUT2D eigenvalue weighted by atomic mass is 16.4. The van der Waals surface area contributed by atoms with Gasteiger partial charge in [0, 0.05) is 17.3 Å². The maximum Gasteiger partial charge on any atom is 0.129 e. The summed E-state index contributed by atoms with van der Waals surface area (Å²) >= 11 is 0. The van der Waals surface area contributed by atoms with E-state index < -0.39 is 0 Å². The van der Waals surface area contributed by atoms with Crippen LogP contribution in [0.4, 0.5) is 0 Å². The molecule has 1 aliphatic carbocycles. The van der Waals surface area contributed by atoms with Crippen LogP contribution in [0.2, 0.25) is 0 Å². The molecule has 0 spiro atoms. The zero-order valence-electron chi connectivity index (χ0n) is 16.9. The highest BCUT2D eigenvalue weighted by molar-refractivity contribution is 5.40. The largest absolute Gasteiger partial charge is 0.462 e. The van der Waals surface area contributed by atoms with Crippen molar-refractivity contribution < 1.29 is 9.52 Å². The van der Waals surface area contributed by atoms with Crippen molar-refractivity contribution in [2.24, 2.45) is 0 Å². The van der Waals surface area contributed by atoms with E-state index in [1.165, 1.54) is 16.8 Å². The number of aliphatic hydroxyl groups is 1. The molecule has 1 aliphatic rings. The Bertz CT molecular complexity index is 932. The van der Waals surface area contributed by atoms with Gasteiger partial charge in [-0.05, 0) is 54.5 Å². The smallest absolute Gasteiger partial charge is 0.129 e. The normalized spacial score (nSPS) is 16.9. The molecule has 3 aromatic rings. The summed E-state index contributed by atoms with van der Waals surface area (Å²) in [5, 5.41) is 17.4. The van der Waals surface area contributed by atoms with Crippen molar-refractivity contribution in [1.29, 1.82) is 0 Å². The average Bonchev–Trinajstić information content (AvgIpc) is 3.33. The lowest BCUT2D eigenvalue weighted by atomic mass is 9.87. The zero-order chi connectivity index (χ0) is 19.7. The van der Waals surface area contributed by atoms with Crippen LogP contribution in [-0.4, -0.2) is 14.9 Å². The number of aliphatic hydroxyl groups excluding tert-OH is 1. The van der Waals surface area contributed by atoms with Crippen LogP contribution in [-0.2, 0) is 25.0 Å². The van der Waals surface area contributed by atoms with Gasteiger partial charge in [0.2, 0.25) is 0 Å². The van der Waals surface area contributed by atoms with E-state index >= 15 is 0 Å². The lowest BCUT2D eigenvalue weighted by molar-refractivity contribution is 0.242. The van der Waals surface area contributed by atoms with Crippen LogP contribution >= 0.6 is 0 Å². The van der Waals surface area contributed by atoms with E-state index in [1.807, 2.05) is 18.3 Å². The standard InChI is InChI=1S/C23H29N3O2/c1-23(2,3)16-7-9-17(10-8-16)26-22-6-4-5-21(20(22)14-25-26)24-13-18-11-12-19(15-27)28-18/h7-12,14,21,24,27H,4-6,13,15H2,1-3H3/t21-/m0/s1. The van der Waals surface area contributed by atoms with Crippen LogP contribution in [0, 0.1) is 0 Å². The second-order valence-corrected chi connectivity index (χ2v) is 8.61. The number of benzene rings is 1. The molecule has 5 heteroatoms. The minimum atomic E-state index is -0.0612. The van der Waals surface area contributed by atoms with Crippen molar-refractivity contribution in [2.75, 3.05) is 0 Å². The van der Waals surface area contributed by atoms with Gasteiger partial charge in [0.05, 0.1) is 18.4 Å². The summed E-state index contributed by atoms with van der Waals surface area (Å²) in [5.41, 5.74) is 5.17. The lowest BCUT2D eigenvalue weighted by Gasteiger charge is -2.24. The van der Waals surface area contributed by atoms with Gasteiger partial charge in [-0.1, -0.05) is 32.9 Å². The van der Waals surface area contributed by atoms with Crippen molar-refractivity contribution in [3.05, 3.63) is 70.9 Å². The summed E-state index contributed by atoms with van der Waals surface area (Å²) in [7, 11) is 0. The molecule has 1 atom stereocenters. The molecule has 5 nitrogen and oxygen atoms in total. The van der Waals surface area contributed by atoms with E-state index in [-0.39, 0.29) is 18.1 Å². The summed E-state index contributed by atoms with van der Waals surface area (Å²) in [6, 6.07) is 12.8. The third-order valence-electron chi connectivity index (χ3n) is 5.56. The first-order valence-corrected chi connectivity index (χ1v) is 10.1. The van der Waals surface area contributed by atoms with E-state index in [1.54, 1.807) is 0 Å². The number of nitrogens with zero attached hydrogens (tertiary/aromatic N) is 2. The first-order chi connectivity index (χ1) is 13.5. The Morgan fingerprint density at radius 2 is 1.89 bits per heavy atom. The third-order valence-corrected chi connectivity index (χ3v) is 5.56. The van der Waals surface area contributed by atoms with Crippen molar-refractivity contribution in [1.82, 2.24) is 15.1 Å². The van der Waals surface area contributed by atoms with E-state index in [4.69, 9.17) is 14.6 Å². The highest BCUT2D eigenvalue weighted by Crippen LogP contribution is 2.32. The molecule has 28 heavy (non-hydrogen) atoms. The Morgan fingerprint density at radius 3 is 2.57 bits per heavy atom. The summed E-state index contributed by atoms with van der Waals surface area (Å²) in [5.74, 6) is 1.45. The van der Waals surface area contributed by atoms with Gasteiger partial charge in [-0.25, -0.2) is 4.68 Å². The van der Waals surface area contributed by atoms with E-state index in [0.717, 1.165) is 30.7 Å². The SMILES string of the molecule is CC(C)(C)c1ccc(-n2ncc3c2CCC[C@@H]3NCc2ccc(CO)o2)cc1. The lowest BCUT2D eigenvalue weighted by Crippen LogP contribution is -2.24. The molecule has 0 saturated heterocycles. The van der Waals surface area contributed by atoms with Gasteiger partial charge in [-0.3, -0.25) is 0 Å². The van der Waals surface area contributed by atoms with Gasteiger partial charge in [-0.2, -0.15) is 5.10 Å². The number of fused-ring (bicyclic) bond motifs is 1. The van der Waals surface area contributed by atoms with Crippen molar-refractivity contribution >= 4 is 0 Å². The van der Waals surface area contributed by atoms with Gasteiger partial charge < -0.3 is 14.8 Å². The molecule has 0 aliphatic heterocycles. The number of furan rings is 1. The predicted molar refractivity (Wildman–Crippen MR) is 109 cm³/mol. The fraction of sp³-hybridized carbons (Fsp3) is 0.435. The minimum Gasteiger partial charge on any atom is -0.462 e. The highest BCUT2D eigenvalue weighted by Gasteiger charge is 2.25. The summed E-state index contributed by atoms with van der Waals surface area (Å²) < 4.78 is 7.68. The Morgan fingerprint density at radius 1 is 1.14 bits per heavy atom. The maximum atomic E-state index is 9.15. The molecule has 2 aromatic heterocycles. The van der Waals surface area contributed by atoms with Crippen LogP contribution in [0.5, 0.6) is 0 Å². The second-order valence-electron chi connectivity index (χ2n) is 8.61. The maximum absolute atomic E-state index is 9.15. The summed E-state index contributed by atoms with van der Waals surface area (Å²) in [6.07, 6.45) is 5.28. The zero-order valence-corrected chi connectivity index (χ0v) is 16.9. The van der Waals surface area contributed by atoms with Crippen LogP contribution in [0.15, 0.2) is 47.0 Å². The number of rotatable bonds is 5. The average molecular weight is 380 g/mol. The van der Waals surface area contributed by atoms with E-state index in [0.29, 0.717) is 12.3 Å². The van der Waals surface area contributed by atoms with E-state index in [2.05, 4.69) is 55.0 Å². The number of nitrogens with one attached hydrogen (secondary N) is 1. The van der Waals surface area contributed by atoms with Crippen LogP contribution in [0.3, 0.4) is 0 Å². The first kappa shape index (κ1) is 19.0. The molecule has 2 heterocycles. The van der Waals surface area contributed by atoms with E-state index in [9.17, 15) is 0 Å². The number of aromatic nitrogens is 2. The molecule has 0 bridgehead atoms. The van der Waals surface area contributed by atoms with Gasteiger partial charge >= 0.3 is 0 Å². The molecular formula is C23H29N3O2. The van der Waals surface area contributed by atoms with Gasteiger partial charge in [0.15, 0.2) is 0 Å². The number of hydrogen-bond acceptors (Lipinski definition) is 4. The Labute approximate surface area is 166 Å². The van der Waals surface area contributed by atoms with Crippen LogP contribution in [0.25, 0.3) is 5.69 Å². The van der Waals surface area contributed by atoms with Crippen molar-refractivity contribution in [2.45, 2.75) is 64.6 Å². The monoisotopic (exact) mass is 379 g/mol. The molecule has 148 valence electrons. The molecule has 0 radical (unpaired) electrons. The fourth-order valence-electron chi connectivity index (χ4n) is 3.92. The predicted octanol–water partition coefficient (Wildman–Crippen LogP) is 4.42. The Kier molecular flexibility index (Phi) is 5.13. The molecule has 0 saturated carbocycles. The van der Waals surface area contributed by atoms with Crippen LogP contribution < -0.4 is 5.32 Å². The topological polar surface area (TPSA) is 63.2 Å².